The van der Waals surface area contributed by atoms with Crippen LogP contribution in [0.3, 0.4) is 0 Å². The molecule has 0 amide bonds. The van der Waals surface area contributed by atoms with Gasteiger partial charge in [-0.15, -0.1) is 0 Å². The lowest BCUT2D eigenvalue weighted by Crippen LogP contribution is -1.98. The van der Waals surface area contributed by atoms with E-state index in [2.05, 4.69) is 101 Å². The molecule has 0 saturated heterocycles. The largest absolute Gasteiger partial charge is 0.507 e. The molecule has 0 aliphatic carbocycles. The molecule has 0 aliphatic rings. The normalized spacial score (nSPS) is 11.2. The predicted octanol–water partition coefficient (Wildman–Crippen LogP) is 13.7. The van der Waals surface area contributed by atoms with Crippen molar-refractivity contribution in [2.75, 3.05) is 0 Å². The van der Waals surface area contributed by atoms with Gasteiger partial charge in [0, 0.05) is 40.2 Å². The third kappa shape index (κ3) is 8.77. The van der Waals surface area contributed by atoms with Crippen molar-refractivity contribution in [1.82, 2.24) is 19.9 Å². The Morgan fingerprint density at radius 1 is 0.317 bits per heavy atom. The van der Waals surface area contributed by atoms with Gasteiger partial charge in [-0.3, -0.25) is 9.97 Å². The van der Waals surface area contributed by atoms with Crippen LogP contribution in [0.5, 0.6) is 5.75 Å². The Morgan fingerprint density at radius 2 is 0.794 bits per heavy atom. The smallest absolute Gasteiger partial charge is 0.124 e. The van der Waals surface area contributed by atoms with E-state index in [1.165, 1.54) is 22.3 Å². The number of phenols is 1. The summed E-state index contributed by atoms with van der Waals surface area (Å²) in [5, 5.41) is 11.9. The molecule has 3 aromatic heterocycles. The summed E-state index contributed by atoms with van der Waals surface area (Å²) >= 11 is 0. The number of pyridine rings is 2. The highest BCUT2D eigenvalue weighted by Crippen LogP contribution is 2.41. The molecule has 10 rings (SSSR count). The van der Waals surface area contributed by atoms with Crippen LogP contribution in [0.25, 0.3) is 78.3 Å². The SMILES string of the molecule is Oc1cc(-c2nc3ccccc3nc2-c2ccccc2)ccc1-c1ccccc1-c1cc(CCc2ccc(-c3ccccn3)cc2)cc(CCc2ccc(-c3ccccn3)cc2)c1. The van der Waals surface area contributed by atoms with Gasteiger partial charge in [-0.25, -0.2) is 9.97 Å². The molecule has 0 atom stereocenters. The molecule has 0 unspecified atom stereocenters. The highest BCUT2D eigenvalue weighted by Gasteiger charge is 2.18. The van der Waals surface area contributed by atoms with Crippen molar-refractivity contribution in [2.45, 2.75) is 25.7 Å². The van der Waals surface area contributed by atoms with Gasteiger partial charge in [-0.2, -0.15) is 0 Å². The number of hydrogen-bond acceptors (Lipinski definition) is 5. The zero-order valence-electron chi connectivity index (χ0n) is 34.8. The molecule has 5 heteroatoms. The van der Waals surface area contributed by atoms with Gasteiger partial charge in [0.05, 0.1) is 33.8 Å². The first-order valence-electron chi connectivity index (χ1n) is 21.5. The number of para-hydroxylation sites is 2. The molecule has 0 spiro atoms. The molecule has 0 saturated carbocycles. The van der Waals surface area contributed by atoms with Crippen molar-refractivity contribution in [2.24, 2.45) is 0 Å². The zero-order chi connectivity index (χ0) is 42.4. The molecule has 5 nitrogen and oxygen atoms in total. The van der Waals surface area contributed by atoms with Crippen molar-refractivity contribution in [3.05, 3.63) is 235 Å². The summed E-state index contributed by atoms with van der Waals surface area (Å²) in [4.78, 5) is 19.2. The standard InChI is InChI=1S/C58H44N4O/c63-56-39-47(58-57(46-12-2-1-3-13-46)61-54-18-6-7-19-55(54)62-58)32-33-51(56)50-15-5-4-14-49(50)48-37-42(22-20-40-24-28-44(29-25-40)52-16-8-10-34-59-52)36-43(38-48)23-21-41-26-30-45(31-27-41)53-17-9-11-35-60-53/h1-19,24-39,63H,20-23H2. The van der Waals surface area contributed by atoms with Crippen LogP contribution < -0.4 is 0 Å². The highest BCUT2D eigenvalue weighted by molar-refractivity contribution is 5.90. The molecule has 0 radical (unpaired) electrons. The van der Waals surface area contributed by atoms with E-state index in [1.54, 1.807) is 0 Å². The van der Waals surface area contributed by atoms with Crippen molar-refractivity contribution in [3.8, 4) is 73.0 Å². The Labute approximate surface area is 368 Å². The fourth-order valence-corrected chi connectivity index (χ4v) is 8.41. The maximum Gasteiger partial charge on any atom is 0.124 e. The first kappa shape index (κ1) is 39.1. The quantitative estimate of drug-likeness (QED) is 0.133. The fourth-order valence-electron chi connectivity index (χ4n) is 8.41. The van der Waals surface area contributed by atoms with Crippen molar-refractivity contribution >= 4 is 11.0 Å². The highest BCUT2D eigenvalue weighted by atomic mass is 16.3. The van der Waals surface area contributed by atoms with E-state index in [0.717, 1.165) is 104 Å². The summed E-state index contributed by atoms with van der Waals surface area (Å²) in [6.45, 7) is 0. The number of rotatable bonds is 12. The zero-order valence-corrected chi connectivity index (χ0v) is 34.8. The summed E-state index contributed by atoms with van der Waals surface area (Å²) in [5.41, 5.74) is 18.1. The lowest BCUT2D eigenvalue weighted by molar-refractivity contribution is 0.477. The molecule has 3 heterocycles. The monoisotopic (exact) mass is 812 g/mol. The van der Waals surface area contributed by atoms with Crippen LogP contribution in [0.1, 0.15) is 22.3 Å². The summed E-state index contributed by atoms with van der Waals surface area (Å²) in [6.07, 6.45) is 7.27. The average Bonchev–Trinajstić information content (AvgIpc) is 3.36. The number of nitrogens with zero attached hydrogens (tertiary/aromatic N) is 4. The van der Waals surface area contributed by atoms with E-state index < -0.39 is 0 Å². The van der Waals surface area contributed by atoms with Crippen molar-refractivity contribution in [3.63, 3.8) is 0 Å². The molecular weight excluding hydrogens is 769 g/mol. The van der Waals surface area contributed by atoms with Crippen molar-refractivity contribution < 1.29 is 5.11 Å². The van der Waals surface area contributed by atoms with Gasteiger partial charge in [-0.05, 0) is 113 Å². The second kappa shape index (κ2) is 17.9. The number of benzene rings is 7. The fraction of sp³-hybridized carbons (Fsp3) is 0.0690. The third-order valence-corrected chi connectivity index (χ3v) is 11.7. The first-order valence-corrected chi connectivity index (χ1v) is 21.5. The number of aromatic nitrogens is 4. The van der Waals surface area contributed by atoms with Crippen molar-refractivity contribution in [1.29, 1.82) is 0 Å². The molecule has 0 bridgehead atoms. The van der Waals surface area contributed by atoms with Crippen LogP contribution in [0.15, 0.2) is 213 Å². The van der Waals surface area contributed by atoms with Gasteiger partial charge < -0.3 is 5.11 Å². The van der Waals surface area contributed by atoms with Gasteiger partial charge in [0.15, 0.2) is 0 Å². The van der Waals surface area contributed by atoms with E-state index in [1.807, 2.05) is 122 Å². The lowest BCUT2D eigenvalue weighted by Gasteiger charge is -2.16. The second-order valence-electron chi connectivity index (χ2n) is 15.9. The molecular formula is C58H44N4O. The lowest BCUT2D eigenvalue weighted by atomic mass is 9.89. The van der Waals surface area contributed by atoms with Crippen LogP contribution in [0, 0.1) is 0 Å². The number of aryl methyl sites for hydroxylation is 4. The van der Waals surface area contributed by atoms with Gasteiger partial charge in [0.25, 0.3) is 0 Å². The topological polar surface area (TPSA) is 71.8 Å². The third-order valence-electron chi connectivity index (χ3n) is 11.7. The molecule has 1 N–H and O–H groups in total. The predicted molar refractivity (Wildman–Crippen MR) is 257 cm³/mol. The number of phenolic OH excluding ortho intramolecular Hbond substituents is 1. The molecule has 10 aromatic rings. The molecule has 7 aromatic carbocycles. The minimum Gasteiger partial charge on any atom is -0.507 e. The maximum atomic E-state index is 11.9. The van der Waals surface area contributed by atoms with Crippen LogP contribution in [-0.4, -0.2) is 25.0 Å². The number of fused-ring (bicyclic) bond motifs is 1. The van der Waals surface area contributed by atoms with Crippen LogP contribution in [-0.2, 0) is 25.7 Å². The average molecular weight is 813 g/mol. The summed E-state index contributed by atoms with van der Waals surface area (Å²) in [6, 6.07) is 68.9. The summed E-state index contributed by atoms with van der Waals surface area (Å²) in [7, 11) is 0. The van der Waals surface area contributed by atoms with E-state index >= 15 is 0 Å². The Kier molecular flexibility index (Phi) is 11.1. The minimum absolute atomic E-state index is 0.189. The Balaban J connectivity index is 0.978. The van der Waals surface area contributed by atoms with E-state index in [9.17, 15) is 5.11 Å². The number of hydrogen-bond donors (Lipinski definition) is 1. The minimum atomic E-state index is 0.189. The summed E-state index contributed by atoms with van der Waals surface area (Å²) < 4.78 is 0. The molecule has 0 fully saturated rings. The van der Waals surface area contributed by atoms with E-state index in [4.69, 9.17) is 9.97 Å². The van der Waals surface area contributed by atoms with Crippen LogP contribution in [0.4, 0.5) is 0 Å². The maximum absolute atomic E-state index is 11.9. The number of aromatic hydroxyl groups is 1. The first-order chi connectivity index (χ1) is 31.1. The van der Waals surface area contributed by atoms with Gasteiger partial charge in [-0.1, -0.05) is 152 Å². The Bertz CT molecular complexity index is 3050. The van der Waals surface area contributed by atoms with E-state index in [0.29, 0.717) is 0 Å². The second-order valence-corrected chi connectivity index (χ2v) is 15.9. The molecule has 302 valence electrons. The summed E-state index contributed by atoms with van der Waals surface area (Å²) in [5.74, 6) is 0.189. The van der Waals surface area contributed by atoms with Gasteiger partial charge in [0.2, 0.25) is 0 Å². The molecule has 0 aliphatic heterocycles. The Morgan fingerprint density at radius 3 is 1.33 bits per heavy atom. The van der Waals surface area contributed by atoms with Crippen LogP contribution in [0.2, 0.25) is 0 Å². The van der Waals surface area contributed by atoms with Crippen LogP contribution >= 0.6 is 0 Å². The Hall–Kier alpha value is -8.02. The molecule has 63 heavy (non-hydrogen) atoms. The van der Waals surface area contributed by atoms with Gasteiger partial charge in [0.1, 0.15) is 5.75 Å². The van der Waals surface area contributed by atoms with E-state index in [-0.39, 0.29) is 5.75 Å². The van der Waals surface area contributed by atoms with Gasteiger partial charge >= 0.3 is 0 Å².